The predicted molar refractivity (Wildman–Crippen MR) is 65.0 cm³/mol. The Balaban J connectivity index is 1.64. The monoisotopic (exact) mass is 210 g/mol. The summed E-state index contributed by atoms with van der Waals surface area (Å²) < 4.78 is 0. The zero-order valence-electron chi connectivity index (χ0n) is 10.3. The van der Waals surface area contributed by atoms with Crippen molar-refractivity contribution >= 4 is 0 Å². The Morgan fingerprint density at radius 3 is 2.47 bits per heavy atom. The van der Waals surface area contributed by atoms with E-state index in [0.29, 0.717) is 0 Å². The van der Waals surface area contributed by atoms with Crippen LogP contribution in [0.2, 0.25) is 0 Å². The van der Waals surface area contributed by atoms with Gasteiger partial charge in [0.25, 0.3) is 0 Å². The minimum atomic E-state index is 0.873. The van der Waals surface area contributed by atoms with Crippen molar-refractivity contribution in [1.82, 2.24) is 10.2 Å². The molecule has 2 fully saturated rings. The Kier molecular flexibility index (Phi) is 4.04. The summed E-state index contributed by atoms with van der Waals surface area (Å²) in [6.07, 6.45) is 5.90. The van der Waals surface area contributed by atoms with E-state index in [9.17, 15) is 0 Å². The molecule has 1 atom stereocenters. The van der Waals surface area contributed by atoms with Crippen molar-refractivity contribution in [2.75, 3.05) is 33.2 Å². The average Bonchev–Trinajstić information content (AvgIpc) is 2.52. The third kappa shape index (κ3) is 3.18. The third-order valence-corrected chi connectivity index (χ3v) is 4.26. The summed E-state index contributed by atoms with van der Waals surface area (Å²) in [6.45, 7) is 7.54. The zero-order valence-corrected chi connectivity index (χ0v) is 10.3. The van der Waals surface area contributed by atoms with Gasteiger partial charge < -0.3 is 10.2 Å². The van der Waals surface area contributed by atoms with Gasteiger partial charge in [-0.3, -0.25) is 0 Å². The van der Waals surface area contributed by atoms with Crippen LogP contribution in [0.3, 0.4) is 0 Å². The van der Waals surface area contributed by atoms with Gasteiger partial charge in [-0.05, 0) is 50.7 Å². The molecule has 2 aliphatic rings. The Labute approximate surface area is 94.4 Å². The molecule has 0 spiro atoms. The Morgan fingerprint density at radius 1 is 1.27 bits per heavy atom. The molecule has 0 aromatic rings. The number of rotatable bonds is 5. The summed E-state index contributed by atoms with van der Waals surface area (Å²) in [5, 5.41) is 3.37. The van der Waals surface area contributed by atoms with E-state index in [1.165, 1.54) is 51.9 Å². The van der Waals surface area contributed by atoms with E-state index in [1.807, 2.05) is 0 Å². The van der Waals surface area contributed by atoms with Crippen LogP contribution in [-0.4, -0.2) is 38.1 Å². The fourth-order valence-electron chi connectivity index (χ4n) is 3.06. The average molecular weight is 210 g/mol. The topological polar surface area (TPSA) is 15.3 Å². The summed E-state index contributed by atoms with van der Waals surface area (Å²) in [7, 11) is 2.31. The second-order valence-electron chi connectivity index (χ2n) is 5.77. The summed E-state index contributed by atoms with van der Waals surface area (Å²) in [5.74, 6) is 2.82. The van der Waals surface area contributed by atoms with Gasteiger partial charge in [0.1, 0.15) is 0 Å². The molecule has 88 valence electrons. The van der Waals surface area contributed by atoms with Crippen LogP contribution in [0.15, 0.2) is 0 Å². The van der Waals surface area contributed by atoms with Crippen LogP contribution >= 0.6 is 0 Å². The highest BCUT2D eigenvalue weighted by atomic mass is 15.1. The lowest BCUT2D eigenvalue weighted by atomic mass is 9.88. The van der Waals surface area contributed by atoms with Gasteiger partial charge in [0.05, 0.1) is 0 Å². The quantitative estimate of drug-likeness (QED) is 0.746. The minimum Gasteiger partial charge on any atom is -0.316 e. The lowest BCUT2D eigenvalue weighted by Crippen LogP contribution is -2.48. The largest absolute Gasteiger partial charge is 0.316 e. The van der Waals surface area contributed by atoms with Crippen LogP contribution < -0.4 is 5.32 Å². The van der Waals surface area contributed by atoms with Crippen molar-refractivity contribution in [3.63, 3.8) is 0 Å². The van der Waals surface area contributed by atoms with Crippen LogP contribution in [0.25, 0.3) is 0 Å². The summed E-state index contributed by atoms with van der Waals surface area (Å²) >= 11 is 0. The molecule has 1 saturated carbocycles. The Hall–Kier alpha value is -0.0800. The summed E-state index contributed by atoms with van der Waals surface area (Å²) in [4.78, 5) is 2.57. The number of hydrogen-bond acceptors (Lipinski definition) is 2. The molecular weight excluding hydrogens is 184 g/mol. The maximum absolute atomic E-state index is 3.37. The van der Waals surface area contributed by atoms with Gasteiger partial charge in [-0.25, -0.2) is 0 Å². The van der Waals surface area contributed by atoms with E-state index in [0.717, 1.165) is 17.8 Å². The van der Waals surface area contributed by atoms with Crippen molar-refractivity contribution in [1.29, 1.82) is 0 Å². The maximum Gasteiger partial charge on any atom is 0.000769 e. The Bertz CT molecular complexity index is 183. The van der Waals surface area contributed by atoms with Gasteiger partial charge in [0, 0.05) is 13.1 Å². The van der Waals surface area contributed by atoms with Gasteiger partial charge >= 0.3 is 0 Å². The van der Waals surface area contributed by atoms with Crippen molar-refractivity contribution in [2.45, 2.75) is 32.6 Å². The van der Waals surface area contributed by atoms with E-state index in [2.05, 4.69) is 24.2 Å². The van der Waals surface area contributed by atoms with E-state index in [-0.39, 0.29) is 0 Å². The second-order valence-corrected chi connectivity index (χ2v) is 5.77. The van der Waals surface area contributed by atoms with Gasteiger partial charge in [0.2, 0.25) is 0 Å². The highest BCUT2D eigenvalue weighted by Gasteiger charge is 2.25. The van der Waals surface area contributed by atoms with Crippen LogP contribution in [0.5, 0.6) is 0 Å². The van der Waals surface area contributed by atoms with Crippen molar-refractivity contribution in [3.8, 4) is 0 Å². The van der Waals surface area contributed by atoms with Crippen LogP contribution in [0.1, 0.15) is 32.6 Å². The van der Waals surface area contributed by atoms with Crippen LogP contribution in [-0.2, 0) is 0 Å². The molecule has 2 nitrogen and oxygen atoms in total. The van der Waals surface area contributed by atoms with Gasteiger partial charge in [-0.1, -0.05) is 19.8 Å². The lowest BCUT2D eigenvalue weighted by Gasteiger charge is -2.35. The standard InChI is InChI=1S/C13H26N2/c1-11(13-7-14-8-13)9-15(2)10-12-5-3-4-6-12/h11-14H,3-10H2,1-2H3. The molecule has 1 saturated heterocycles. The maximum atomic E-state index is 3.37. The molecule has 2 heteroatoms. The Morgan fingerprint density at radius 2 is 1.93 bits per heavy atom. The number of nitrogens with one attached hydrogen (secondary N) is 1. The highest BCUT2D eigenvalue weighted by molar-refractivity contribution is 4.81. The summed E-state index contributed by atoms with van der Waals surface area (Å²) in [6, 6.07) is 0. The van der Waals surface area contributed by atoms with Gasteiger partial charge in [0.15, 0.2) is 0 Å². The summed E-state index contributed by atoms with van der Waals surface area (Å²) in [5.41, 5.74) is 0. The molecule has 1 unspecified atom stereocenters. The molecule has 0 aromatic heterocycles. The first-order valence-electron chi connectivity index (χ1n) is 6.65. The molecule has 0 radical (unpaired) electrons. The molecule has 15 heavy (non-hydrogen) atoms. The number of hydrogen-bond donors (Lipinski definition) is 1. The van der Waals surface area contributed by atoms with E-state index < -0.39 is 0 Å². The van der Waals surface area contributed by atoms with Crippen molar-refractivity contribution in [2.24, 2.45) is 17.8 Å². The smallest absolute Gasteiger partial charge is 0.000769 e. The van der Waals surface area contributed by atoms with E-state index >= 15 is 0 Å². The fraction of sp³-hybridized carbons (Fsp3) is 1.00. The zero-order chi connectivity index (χ0) is 10.7. The van der Waals surface area contributed by atoms with Crippen LogP contribution in [0.4, 0.5) is 0 Å². The van der Waals surface area contributed by atoms with Gasteiger partial charge in [-0.15, -0.1) is 0 Å². The lowest BCUT2D eigenvalue weighted by molar-refractivity contribution is 0.172. The van der Waals surface area contributed by atoms with Crippen molar-refractivity contribution < 1.29 is 0 Å². The first-order valence-corrected chi connectivity index (χ1v) is 6.65. The minimum absolute atomic E-state index is 0.873. The molecular formula is C13H26N2. The van der Waals surface area contributed by atoms with Crippen LogP contribution in [0, 0.1) is 17.8 Å². The predicted octanol–water partition coefficient (Wildman–Crippen LogP) is 1.96. The second kappa shape index (κ2) is 5.31. The molecule has 0 aromatic carbocycles. The molecule has 0 bridgehead atoms. The first kappa shape index (κ1) is 11.4. The van der Waals surface area contributed by atoms with Gasteiger partial charge in [-0.2, -0.15) is 0 Å². The number of nitrogens with zero attached hydrogens (tertiary/aromatic N) is 1. The normalized spacial score (nSPS) is 25.8. The molecule has 1 aliphatic carbocycles. The molecule has 1 N–H and O–H groups in total. The first-order chi connectivity index (χ1) is 7.25. The van der Waals surface area contributed by atoms with Crippen molar-refractivity contribution in [3.05, 3.63) is 0 Å². The SMILES string of the molecule is CC(CN(C)CC1CCCC1)C1CNC1. The molecule has 2 rings (SSSR count). The molecule has 0 amide bonds. The molecule has 1 heterocycles. The highest BCUT2D eigenvalue weighted by Crippen LogP contribution is 2.26. The third-order valence-electron chi connectivity index (χ3n) is 4.26. The fourth-order valence-corrected chi connectivity index (χ4v) is 3.06. The van der Waals surface area contributed by atoms with E-state index in [1.54, 1.807) is 0 Å². The molecule has 1 aliphatic heterocycles. The van der Waals surface area contributed by atoms with E-state index in [4.69, 9.17) is 0 Å².